The van der Waals surface area contributed by atoms with Gasteiger partial charge >= 0.3 is 0 Å². The zero-order valence-corrected chi connectivity index (χ0v) is 22.5. The predicted octanol–water partition coefficient (Wildman–Crippen LogP) is 6.27. The van der Waals surface area contributed by atoms with Crippen molar-refractivity contribution in [2.45, 2.75) is 13.8 Å². The second-order valence-corrected chi connectivity index (χ2v) is 9.79. The Morgan fingerprint density at radius 3 is 2.32 bits per heavy atom. The van der Waals surface area contributed by atoms with E-state index < -0.39 is 0 Å². The molecule has 0 unspecified atom stereocenters. The van der Waals surface area contributed by atoms with Gasteiger partial charge in [-0.25, -0.2) is 0 Å². The van der Waals surface area contributed by atoms with E-state index in [1.807, 2.05) is 92.7 Å². The van der Waals surface area contributed by atoms with Gasteiger partial charge in [-0.15, -0.1) is 0 Å². The van der Waals surface area contributed by atoms with Crippen molar-refractivity contribution in [1.82, 2.24) is 0 Å². The van der Waals surface area contributed by atoms with Crippen molar-refractivity contribution in [3.63, 3.8) is 0 Å². The number of rotatable bonds is 12. The second kappa shape index (κ2) is 13.3. The molecule has 0 saturated carbocycles. The fourth-order valence-electron chi connectivity index (χ4n) is 3.59. The van der Waals surface area contributed by atoms with Gasteiger partial charge in [0.25, 0.3) is 5.91 Å². The van der Waals surface area contributed by atoms with Gasteiger partial charge in [0.1, 0.15) is 19.0 Å². The van der Waals surface area contributed by atoms with Crippen LogP contribution in [-0.2, 0) is 9.53 Å². The van der Waals surface area contributed by atoms with Crippen molar-refractivity contribution in [1.29, 1.82) is 0 Å². The van der Waals surface area contributed by atoms with Gasteiger partial charge in [0.2, 0.25) is 0 Å². The standard InChI is InChI=1S/C29H29NO5S2/c1-3-33-26-19-22(20-27-28(31)30(29(36)37-27)23-7-5-4-6-8-23)11-14-25(26)35-18-16-32-15-17-34-24-12-9-21(2)10-13-24/h4-14,19-20H,3,15-18H2,1-2H3. The summed E-state index contributed by atoms with van der Waals surface area (Å²) in [7, 11) is 0. The maximum absolute atomic E-state index is 13.0. The lowest BCUT2D eigenvalue weighted by atomic mass is 10.1. The first-order valence-electron chi connectivity index (χ1n) is 12.0. The van der Waals surface area contributed by atoms with Crippen LogP contribution in [0, 0.1) is 6.92 Å². The minimum absolute atomic E-state index is 0.136. The van der Waals surface area contributed by atoms with E-state index in [0.717, 1.165) is 17.0 Å². The Kier molecular flexibility index (Phi) is 9.59. The van der Waals surface area contributed by atoms with E-state index in [0.29, 0.717) is 53.8 Å². The molecule has 0 N–H and O–H groups in total. The van der Waals surface area contributed by atoms with Gasteiger partial charge in [0.15, 0.2) is 15.8 Å². The third-order valence-corrected chi connectivity index (χ3v) is 6.68. The van der Waals surface area contributed by atoms with Gasteiger partial charge in [-0.1, -0.05) is 65.9 Å². The molecule has 0 bridgehead atoms. The number of para-hydroxylation sites is 1. The Morgan fingerprint density at radius 2 is 1.59 bits per heavy atom. The summed E-state index contributed by atoms with van der Waals surface area (Å²) in [4.78, 5) is 15.1. The number of nitrogens with zero attached hydrogens (tertiary/aromatic N) is 1. The summed E-state index contributed by atoms with van der Waals surface area (Å²) in [6.45, 7) is 6.18. The molecule has 0 atom stereocenters. The lowest BCUT2D eigenvalue weighted by Crippen LogP contribution is -2.27. The summed E-state index contributed by atoms with van der Waals surface area (Å²) in [6, 6.07) is 22.9. The van der Waals surface area contributed by atoms with E-state index in [1.165, 1.54) is 17.3 Å². The van der Waals surface area contributed by atoms with E-state index in [4.69, 9.17) is 31.2 Å². The zero-order chi connectivity index (χ0) is 26.0. The van der Waals surface area contributed by atoms with Crippen LogP contribution in [0.1, 0.15) is 18.1 Å². The molecule has 1 heterocycles. The lowest BCUT2D eigenvalue weighted by Gasteiger charge is -2.14. The molecule has 1 aliphatic rings. The topological polar surface area (TPSA) is 57.2 Å². The predicted molar refractivity (Wildman–Crippen MR) is 153 cm³/mol. The van der Waals surface area contributed by atoms with Crippen LogP contribution in [0.4, 0.5) is 5.69 Å². The molecular weight excluding hydrogens is 506 g/mol. The Balaban J connectivity index is 1.30. The fraction of sp³-hybridized carbons (Fsp3) is 0.241. The molecule has 37 heavy (non-hydrogen) atoms. The molecule has 0 radical (unpaired) electrons. The molecule has 3 aromatic rings. The van der Waals surface area contributed by atoms with Gasteiger partial charge in [0, 0.05) is 0 Å². The highest BCUT2D eigenvalue weighted by molar-refractivity contribution is 8.27. The molecule has 6 nitrogen and oxygen atoms in total. The van der Waals surface area contributed by atoms with Crippen molar-refractivity contribution in [3.05, 3.63) is 88.8 Å². The van der Waals surface area contributed by atoms with Crippen LogP contribution in [0.3, 0.4) is 0 Å². The first kappa shape index (κ1) is 26.7. The van der Waals surface area contributed by atoms with E-state index >= 15 is 0 Å². The van der Waals surface area contributed by atoms with Gasteiger partial charge in [-0.2, -0.15) is 0 Å². The SMILES string of the molecule is CCOc1cc(C=C2SC(=S)N(c3ccccc3)C2=O)ccc1OCCOCCOc1ccc(C)cc1. The molecule has 192 valence electrons. The Labute approximate surface area is 227 Å². The van der Waals surface area contributed by atoms with Crippen LogP contribution in [0.15, 0.2) is 77.7 Å². The molecule has 1 fully saturated rings. The summed E-state index contributed by atoms with van der Waals surface area (Å²) >= 11 is 6.75. The molecule has 8 heteroatoms. The van der Waals surface area contributed by atoms with E-state index in [9.17, 15) is 4.79 Å². The monoisotopic (exact) mass is 535 g/mol. The van der Waals surface area contributed by atoms with Crippen LogP contribution >= 0.6 is 24.0 Å². The summed E-state index contributed by atoms with van der Waals surface area (Å²) in [5.74, 6) is 1.92. The quantitative estimate of drug-likeness (QED) is 0.154. The number of hydrogen-bond donors (Lipinski definition) is 0. The number of aryl methyl sites for hydroxylation is 1. The molecule has 0 aromatic heterocycles. The maximum Gasteiger partial charge on any atom is 0.270 e. The fourth-order valence-corrected chi connectivity index (χ4v) is 4.89. The normalized spacial score (nSPS) is 14.3. The molecular formula is C29H29NO5S2. The van der Waals surface area contributed by atoms with E-state index in [-0.39, 0.29) is 5.91 Å². The highest BCUT2D eigenvalue weighted by Crippen LogP contribution is 2.37. The molecule has 0 spiro atoms. The van der Waals surface area contributed by atoms with Gasteiger partial charge in [-0.05, 0) is 61.9 Å². The number of carbonyl (C=O) groups excluding carboxylic acids is 1. The smallest absolute Gasteiger partial charge is 0.270 e. The number of carbonyl (C=O) groups is 1. The Morgan fingerprint density at radius 1 is 0.865 bits per heavy atom. The van der Waals surface area contributed by atoms with Crippen molar-refractivity contribution in [2.24, 2.45) is 0 Å². The van der Waals surface area contributed by atoms with Crippen LogP contribution in [0.5, 0.6) is 17.2 Å². The summed E-state index contributed by atoms with van der Waals surface area (Å²) in [6.07, 6.45) is 1.83. The third kappa shape index (κ3) is 7.35. The van der Waals surface area contributed by atoms with Gasteiger partial charge in [-0.3, -0.25) is 9.69 Å². The number of amides is 1. The number of anilines is 1. The van der Waals surface area contributed by atoms with E-state index in [1.54, 1.807) is 4.90 Å². The largest absolute Gasteiger partial charge is 0.491 e. The lowest BCUT2D eigenvalue weighted by molar-refractivity contribution is -0.113. The average Bonchev–Trinajstić information content (AvgIpc) is 3.18. The molecule has 1 saturated heterocycles. The number of thioether (sulfide) groups is 1. The van der Waals surface area contributed by atoms with Crippen molar-refractivity contribution >= 4 is 46.0 Å². The second-order valence-electron chi connectivity index (χ2n) is 8.11. The molecule has 4 rings (SSSR count). The molecule has 3 aromatic carbocycles. The molecule has 1 amide bonds. The third-order valence-electron chi connectivity index (χ3n) is 5.38. The van der Waals surface area contributed by atoms with Crippen LogP contribution in [-0.4, -0.2) is 43.3 Å². The first-order chi connectivity index (χ1) is 18.0. The van der Waals surface area contributed by atoms with Gasteiger partial charge < -0.3 is 18.9 Å². The van der Waals surface area contributed by atoms with Crippen LogP contribution in [0.25, 0.3) is 6.08 Å². The summed E-state index contributed by atoms with van der Waals surface area (Å²) in [5.41, 5.74) is 2.78. The molecule has 1 aliphatic heterocycles. The van der Waals surface area contributed by atoms with Crippen molar-refractivity contribution in [3.8, 4) is 17.2 Å². The Bertz CT molecular complexity index is 1240. The molecule has 0 aliphatic carbocycles. The number of hydrogen-bond acceptors (Lipinski definition) is 7. The van der Waals surface area contributed by atoms with Gasteiger partial charge in [0.05, 0.1) is 30.4 Å². The first-order valence-corrected chi connectivity index (χ1v) is 13.3. The number of ether oxygens (including phenoxy) is 4. The van der Waals surface area contributed by atoms with E-state index in [2.05, 4.69) is 0 Å². The van der Waals surface area contributed by atoms with Crippen molar-refractivity contribution in [2.75, 3.05) is 37.9 Å². The minimum Gasteiger partial charge on any atom is -0.491 e. The summed E-state index contributed by atoms with van der Waals surface area (Å²) in [5, 5.41) is 0. The summed E-state index contributed by atoms with van der Waals surface area (Å²) < 4.78 is 23.5. The highest BCUT2D eigenvalue weighted by Gasteiger charge is 2.33. The van der Waals surface area contributed by atoms with Crippen LogP contribution in [0.2, 0.25) is 0 Å². The van der Waals surface area contributed by atoms with Crippen LogP contribution < -0.4 is 19.1 Å². The highest BCUT2D eigenvalue weighted by atomic mass is 32.2. The maximum atomic E-state index is 13.0. The average molecular weight is 536 g/mol. The number of thiocarbonyl (C=S) groups is 1. The zero-order valence-electron chi connectivity index (χ0n) is 20.8. The van der Waals surface area contributed by atoms with Crippen molar-refractivity contribution < 1.29 is 23.7 Å². The Hall–Kier alpha value is -3.33. The minimum atomic E-state index is -0.136. The number of benzene rings is 3.